The molecule has 0 radical (unpaired) electrons. The highest BCUT2D eigenvalue weighted by atomic mass is 19.1. The van der Waals surface area contributed by atoms with Crippen molar-refractivity contribution in [3.63, 3.8) is 0 Å². The molecule has 1 aliphatic heterocycles. The molecule has 0 saturated carbocycles. The van der Waals surface area contributed by atoms with Crippen molar-refractivity contribution in [2.24, 2.45) is 0 Å². The molecule has 6 heteroatoms. The van der Waals surface area contributed by atoms with E-state index in [1.807, 2.05) is 0 Å². The first-order valence-electron chi connectivity index (χ1n) is 7.68. The Hall–Kier alpha value is -1.21. The quantitative estimate of drug-likeness (QED) is 0.721. The molecule has 1 atom stereocenters. The largest absolute Gasteiger partial charge is 0.491 e. The van der Waals surface area contributed by atoms with Crippen LogP contribution in [0.25, 0.3) is 0 Å². The molecular weight excluding hydrogens is 287 g/mol. The second-order valence-corrected chi connectivity index (χ2v) is 5.64. The van der Waals surface area contributed by atoms with Gasteiger partial charge in [0.1, 0.15) is 18.2 Å². The highest BCUT2D eigenvalue weighted by molar-refractivity contribution is 5.21. The second-order valence-electron chi connectivity index (χ2n) is 5.64. The van der Waals surface area contributed by atoms with Crippen LogP contribution in [0.15, 0.2) is 24.3 Å². The Bertz CT molecular complexity index is 422. The van der Waals surface area contributed by atoms with E-state index in [0.717, 1.165) is 26.2 Å². The molecule has 1 N–H and O–H groups in total. The smallest absolute Gasteiger partial charge is 0.123 e. The summed E-state index contributed by atoms with van der Waals surface area (Å²) in [6.07, 6.45) is -0.478. The predicted octanol–water partition coefficient (Wildman–Crippen LogP) is 0.829. The number of aliphatic hydroxyl groups excluding tert-OH is 1. The lowest BCUT2D eigenvalue weighted by molar-refractivity contribution is 0.00149. The molecule has 1 aromatic carbocycles. The summed E-state index contributed by atoms with van der Waals surface area (Å²) in [5, 5.41) is 9.95. The molecule has 1 aliphatic rings. The van der Waals surface area contributed by atoms with Crippen molar-refractivity contribution in [1.29, 1.82) is 0 Å². The van der Waals surface area contributed by atoms with Crippen LogP contribution in [0.2, 0.25) is 0 Å². The molecule has 1 heterocycles. The summed E-state index contributed by atoms with van der Waals surface area (Å²) in [7, 11) is 2.11. The number of hydrogen-bond acceptors (Lipinski definition) is 5. The fourth-order valence-corrected chi connectivity index (χ4v) is 2.35. The van der Waals surface area contributed by atoms with E-state index < -0.39 is 6.10 Å². The number of piperazine rings is 1. The lowest BCUT2D eigenvalue weighted by Crippen LogP contribution is -2.47. The number of benzene rings is 1. The average molecular weight is 312 g/mol. The number of hydrogen-bond donors (Lipinski definition) is 1. The SMILES string of the molecule is CN1CCN(C[C@H](O)COCCOc2ccc(F)cc2)CC1. The van der Waals surface area contributed by atoms with Crippen LogP contribution in [0, 0.1) is 5.82 Å². The van der Waals surface area contributed by atoms with Gasteiger partial charge in [0.2, 0.25) is 0 Å². The summed E-state index contributed by atoms with van der Waals surface area (Å²) >= 11 is 0. The van der Waals surface area contributed by atoms with E-state index in [9.17, 15) is 9.50 Å². The van der Waals surface area contributed by atoms with Crippen LogP contribution in [0.5, 0.6) is 5.75 Å². The number of nitrogens with zero attached hydrogens (tertiary/aromatic N) is 2. The normalized spacial score (nSPS) is 18.3. The number of aliphatic hydroxyl groups is 1. The van der Waals surface area contributed by atoms with Gasteiger partial charge in [0.25, 0.3) is 0 Å². The third kappa shape index (κ3) is 6.27. The summed E-state index contributed by atoms with van der Waals surface area (Å²) in [6.45, 7) is 5.79. The van der Waals surface area contributed by atoms with Gasteiger partial charge in [-0.05, 0) is 31.3 Å². The Morgan fingerprint density at radius 1 is 1.14 bits per heavy atom. The fourth-order valence-electron chi connectivity index (χ4n) is 2.35. The zero-order valence-electron chi connectivity index (χ0n) is 13.1. The summed E-state index contributed by atoms with van der Waals surface area (Å²) < 4.78 is 23.6. The van der Waals surface area contributed by atoms with Gasteiger partial charge in [-0.15, -0.1) is 0 Å². The standard InChI is InChI=1S/C16H25FN2O3/c1-18-6-8-19(9-7-18)12-15(20)13-21-10-11-22-16-4-2-14(17)3-5-16/h2-5,15,20H,6-13H2,1H3/t15-/m0/s1. The number of ether oxygens (including phenoxy) is 2. The molecule has 0 bridgehead atoms. The molecule has 0 spiro atoms. The predicted molar refractivity (Wildman–Crippen MR) is 82.7 cm³/mol. The van der Waals surface area contributed by atoms with Gasteiger partial charge in [-0.2, -0.15) is 0 Å². The van der Waals surface area contributed by atoms with Crippen molar-refractivity contribution >= 4 is 0 Å². The number of rotatable bonds is 8. The Balaban J connectivity index is 1.51. The zero-order chi connectivity index (χ0) is 15.8. The van der Waals surface area contributed by atoms with Crippen molar-refractivity contribution in [3.05, 3.63) is 30.1 Å². The van der Waals surface area contributed by atoms with Crippen LogP contribution >= 0.6 is 0 Å². The van der Waals surface area contributed by atoms with Crippen molar-refractivity contribution in [2.45, 2.75) is 6.10 Å². The molecular formula is C16H25FN2O3. The third-order valence-corrected chi connectivity index (χ3v) is 3.69. The molecule has 1 saturated heterocycles. The Kier molecular flexibility index (Phi) is 7.05. The lowest BCUT2D eigenvalue weighted by atomic mass is 10.3. The molecule has 1 fully saturated rings. The Labute approximate surface area is 131 Å². The van der Waals surface area contributed by atoms with Gasteiger partial charge in [-0.25, -0.2) is 4.39 Å². The number of likely N-dealkylation sites (N-methyl/N-ethyl adjacent to an activating group) is 1. The monoisotopic (exact) mass is 312 g/mol. The van der Waals surface area contributed by atoms with Gasteiger partial charge < -0.3 is 19.5 Å². The fraction of sp³-hybridized carbons (Fsp3) is 0.625. The van der Waals surface area contributed by atoms with E-state index in [2.05, 4.69) is 16.8 Å². The lowest BCUT2D eigenvalue weighted by Gasteiger charge is -2.33. The molecule has 0 aliphatic carbocycles. The molecule has 0 unspecified atom stereocenters. The summed E-state index contributed by atoms with van der Waals surface area (Å²) in [6, 6.07) is 5.88. The molecule has 1 aromatic rings. The summed E-state index contributed by atoms with van der Waals surface area (Å²) in [4.78, 5) is 4.54. The van der Waals surface area contributed by atoms with Crippen LogP contribution in [0.4, 0.5) is 4.39 Å². The van der Waals surface area contributed by atoms with Gasteiger partial charge in [-0.3, -0.25) is 4.90 Å². The summed E-state index contributed by atoms with van der Waals surface area (Å²) in [5.41, 5.74) is 0. The molecule has 5 nitrogen and oxygen atoms in total. The Morgan fingerprint density at radius 2 is 1.82 bits per heavy atom. The molecule has 124 valence electrons. The maximum Gasteiger partial charge on any atom is 0.123 e. The minimum absolute atomic E-state index is 0.282. The minimum Gasteiger partial charge on any atom is -0.491 e. The molecule has 2 rings (SSSR count). The second kappa shape index (κ2) is 9.05. The number of β-amino-alcohol motifs (C(OH)–C–C–N with tert-alkyl or cyclic N) is 1. The van der Waals surface area contributed by atoms with Gasteiger partial charge >= 0.3 is 0 Å². The number of halogens is 1. The Morgan fingerprint density at radius 3 is 2.50 bits per heavy atom. The van der Waals surface area contributed by atoms with E-state index >= 15 is 0 Å². The molecule has 0 aromatic heterocycles. The maximum absolute atomic E-state index is 12.7. The minimum atomic E-state index is -0.478. The van der Waals surface area contributed by atoms with Crippen molar-refractivity contribution in [1.82, 2.24) is 9.80 Å². The van der Waals surface area contributed by atoms with Crippen LogP contribution in [0.3, 0.4) is 0 Å². The van der Waals surface area contributed by atoms with Gasteiger partial charge in [0.05, 0.1) is 19.3 Å². The van der Waals surface area contributed by atoms with E-state index in [1.54, 1.807) is 12.1 Å². The topological polar surface area (TPSA) is 45.2 Å². The molecule has 0 amide bonds. The summed E-state index contributed by atoms with van der Waals surface area (Å²) in [5.74, 6) is 0.332. The van der Waals surface area contributed by atoms with Crippen LogP contribution < -0.4 is 4.74 Å². The van der Waals surface area contributed by atoms with Crippen molar-refractivity contribution < 1.29 is 19.0 Å². The van der Waals surface area contributed by atoms with E-state index in [4.69, 9.17) is 9.47 Å². The van der Waals surface area contributed by atoms with Gasteiger partial charge in [-0.1, -0.05) is 0 Å². The van der Waals surface area contributed by atoms with E-state index in [1.165, 1.54) is 12.1 Å². The van der Waals surface area contributed by atoms with Crippen LogP contribution in [-0.2, 0) is 4.74 Å². The van der Waals surface area contributed by atoms with Gasteiger partial charge in [0.15, 0.2) is 0 Å². The highest BCUT2D eigenvalue weighted by Gasteiger charge is 2.16. The third-order valence-electron chi connectivity index (χ3n) is 3.69. The van der Waals surface area contributed by atoms with Crippen molar-refractivity contribution in [3.8, 4) is 5.75 Å². The van der Waals surface area contributed by atoms with Crippen LogP contribution in [0.1, 0.15) is 0 Å². The zero-order valence-corrected chi connectivity index (χ0v) is 13.1. The van der Waals surface area contributed by atoms with Crippen LogP contribution in [-0.4, -0.2) is 80.6 Å². The van der Waals surface area contributed by atoms with Gasteiger partial charge in [0, 0.05) is 32.7 Å². The van der Waals surface area contributed by atoms with Crippen molar-refractivity contribution in [2.75, 3.05) is 59.6 Å². The first-order valence-corrected chi connectivity index (χ1v) is 7.68. The van der Waals surface area contributed by atoms with E-state index in [0.29, 0.717) is 32.1 Å². The van der Waals surface area contributed by atoms with E-state index in [-0.39, 0.29) is 5.82 Å². The highest BCUT2D eigenvalue weighted by Crippen LogP contribution is 2.10. The maximum atomic E-state index is 12.7. The average Bonchev–Trinajstić information content (AvgIpc) is 2.51. The first kappa shape index (κ1) is 17.1. The molecule has 22 heavy (non-hydrogen) atoms. The first-order chi connectivity index (χ1) is 10.6.